The molecule has 1 aliphatic rings. The second-order valence-corrected chi connectivity index (χ2v) is 5.25. The number of carbonyl (C=O) groups is 2. The molecule has 2 aromatic carbocycles. The molecular formula is C17H17N3O2. The fraction of sp³-hybridized carbons (Fsp3) is 0.176. The van der Waals surface area contributed by atoms with Crippen molar-refractivity contribution in [3.63, 3.8) is 0 Å². The third-order valence-electron chi connectivity index (χ3n) is 3.65. The molecule has 0 unspecified atom stereocenters. The summed E-state index contributed by atoms with van der Waals surface area (Å²) in [4.78, 5) is 24.0. The molecule has 0 radical (unpaired) electrons. The predicted octanol–water partition coefficient (Wildman–Crippen LogP) is 1.93. The Balaban J connectivity index is 1.83. The van der Waals surface area contributed by atoms with Crippen molar-refractivity contribution >= 4 is 23.2 Å². The van der Waals surface area contributed by atoms with Gasteiger partial charge in [0, 0.05) is 16.9 Å². The summed E-state index contributed by atoms with van der Waals surface area (Å²) in [5.74, 6) is -0.293. The van der Waals surface area contributed by atoms with Gasteiger partial charge in [-0.3, -0.25) is 9.59 Å². The Hall–Kier alpha value is -2.66. The number of benzene rings is 2. The Kier molecular flexibility index (Phi) is 3.89. The fourth-order valence-corrected chi connectivity index (χ4v) is 2.63. The van der Waals surface area contributed by atoms with Crippen molar-refractivity contribution in [2.75, 3.05) is 17.2 Å². The number of rotatable bonds is 4. The van der Waals surface area contributed by atoms with Crippen molar-refractivity contribution in [2.45, 2.75) is 12.8 Å². The van der Waals surface area contributed by atoms with Gasteiger partial charge in [0.25, 0.3) is 5.91 Å². The zero-order chi connectivity index (χ0) is 15.5. The topological polar surface area (TPSA) is 84.2 Å². The van der Waals surface area contributed by atoms with Crippen LogP contribution in [0.4, 0.5) is 11.4 Å². The summed E-state index contributed by atoms with van der Waals surface area (Å²) < 4.78 is 0. The molecule has 0 aliphatic carbocycles. The largest absolute Gasteiger partial charge is 0.330 e. The molecule has 0 bridgehead atoms. The lowest BCUT2D eigenvalue weighted by Crippen LogP contribution is -2.14. The lowest BCUT2D eigenvalue weighted by atomic mass is 10.0. The van der Waals surface area contributed by atoms with Gasteiger partial charge in [0.2, 0.25) is 5.91 Å². The fourth-order valence-electron chi connectivity index (χ4n) is 2.63. The molecule has 4 N–H and O–H groups in total. The maximum absolute atomic E-state index is 12.5. The molecule has 1 heterocycles. The standard InChI is InChI=1S/C17H17N3O2/c18-8-7-11-3-1-4-12(9-11)19-17(22)13-5-2-6-15-14(13)10-16(21)20-15/h1-6,9H,7-8,10,18H2,(H,19,22)(H,20,21). The SMILES string of the molecule is NCCc1cccc(NC(=O)c2cccc3c2CC(=O)N3)c1. The molecule has 3 rings (SSSR count). The minimum atomic E-state index is -0.210. The normalized spacial score (nSPS) is 12.7. The van der Waals surface area contributed by atoms with Crippen LogP contribution in [0.3, 0.4) is 0 Å². The molecule has 5 heteroatoms. The first kappa shape index (κ1) is 14.3. The maximum atomic E-state index is 12.5. The van der Waals surface area contributed by atoms with Crippen LogP contribution in [0, 0.1) is 0 Å². The van der Waals surface area contributed by atoms with E-state index in [1.807, 2.05) is 24.3 Å². The van der Waals surface area contributed by atoms with E-state index < -0.39 is 0 Å². The lowest BCUT2D eigenvalue weighted by Gasteiger charge is -2.09. The second kappa shape index (κ2) is 5.99. The third kappa shape index (κ3) is 2.84. The van der Waals surface area contributed by atoms with E-state index in [0.29, 0.717) is 12.1 Å². The van der Waals surface area contributed by atoms with E-state index >= 15 is 0 Å². The summed E-state index contributed by atoms with van der Waals surface area (Å²) in [7, 11) is 0. The average molecular weight is 295 g/mol. The zero-order valence-corrected chi connectivity index (χ0v) is 12.1. The number of fused-ring (bicyclic) bond motifs is 1. The van der Waals surface area contributed by atoms with Gasteiger partial charge in [0.05, 0.1) is 6.42 Å². The molecular weight excluding hydrogens is 278 g/mol. The number of hydrogen-bond donors (Lipinski definition) is 3. The Morgan fingerprint density at radius 3 is 2.86 bits per heavy atom. The molecule has 1 aliphatic heterocycles. The second-order valence-electron chi connectivity index (χ2n) is 5.25. The molecule has 5 nitrogen and oxygen atoms in total. The Labute approximate surface area is 128 Å². The molecule has 2 aromatic rings. The van der Waals surface area contributed by atoms with Crippen LogP contribution in [0.2, 0.25) is 0 Å². The van der Waals surface area contributed by atoms with Gasteiger partial charge >= 0.3 is 0 Å². The van der Waals surface area contributed by atoms with Crippen LogP contribution in [-0.4, -0.2) is 18.4 Å². The van der Waals surface area contributed by atoms with E-state index in [9.17, 15) is 9.59 Å². The summed E-state index contributed by atoms with van der Waals surface area (Å²) in [5, 5.41) is 5.63. The average Bonchev–Trinajstić information content (AvgIpc) is 2.87. The van der Waals surface area contributed by atoms with Gasteiger partial charge in [0.1, 0.15) is 0 Å². The van der Waals surface area contributed by atoms with Crippen molar-refractivity contribution < 1.29 is 9.59 Å². The maximum Gasteiger partial charge on any atom is 0.256 e. The molecule has 0 saturated carbocycles. The lowest BCUT2D eigenvalue weighted by molar-refractivity contribution is -0.115. The van der Waals surface area contributed by atoms with Crippen LogP contribution in [0.1, 0.15) is 21.5 Å². The van der Waals surface area contributed by atoms with Crippen molar-refractivity contribution in [3.8, 4) is 0 Å². The summed E-state index contributed by atoms with van der Waals surface area (Å²) in [6.07, 6.45) is 1.01. The van der Waals surface area contributed by atoms with Gasteiger partial charge in [-0.25, -0.2) is 0 Å². The van der Waals surface area contributed by atoms with Crippen molar-refractivity contribution in [2.24, 2.45) is 5.73 Å². The number of nitrogens with one attached hydrogen (secondary N) is 2. The smallest absolute Gasteiger partial charge is 0.256 e. The minimum absolute atomic E-state index is 0.0832. The first-order chi connectivity index (χ1) is 10.7. The number of nitrogens with two attached hydrogens (primary N) is 1. The van der Waals surface area contributed by atoms with Gasteiger partial charge in [-0.15, -0.1) is 0 Å². The number of hydrogen-bond acceptors (Lipinski definition) is 3. The molecule has 0 spiro atoms. The van der Waals surface area contributed by atoms with E-state index in [2.05, 4.69) is 10.6 Å². The van der Waals surface area contributed by atoms with Crippen LogP contribution >= 0.6 is 0 Å². The highest BCUT2D eigenvalue weighted by molar-refractivity contribution is 6.10. The van der Waals surface area contributed by atoms with E-state index in [1.165, 1.54) is 0 Å². The summed E-state index contributed by atoms with van der Waals surface area (Å²) >= 11 is 0. The van der Waals surface area contributed by atoms with Gasteiger partial charge in [-0.05, 0) is 48.4 Å². The minimum Gasteiger partial charge on any atom is -0.330 e. The molecule has 2 amide bonds. The van der Waals surface area contributed by atoms with Crippen LogP contribution < -0.4 is 16.4 Å². The first-order valence-electron chi connectivity index (χ1n) is 7.19. The molecule has 22 heavy (non-hydrogen) atoms. The summed E-state index contributed by atoms with van der Waals surface area (Å²) in [6.45, 7) is 0.567. The van der Waals surface area contributed by atoms with Crippen molar-refractivity contribution in [1.29, 1.82) is 0 Å². The monoisotopic (exact) mass is 295 g/mol. The number of carbonyl (C=O) groups excluding carboxylic acids is 2. The number of anilines is 2. The first-order valence-corrected chi connectivity index (χ1v) is 7.19. The number of amides is 2. The van der Waals surface area contributed by atoms with Gasteiger partial charge in [0.15, 0.2) is 0 Å². The zero-order valence-electron chi connectivity index (χ0n) is 12.1. The van der Waals surface area contributed by atoms with Crippen molar-refractivity contribution in [3.05, 3.63) is 59.2 Å². The van der Waals surface area contributed by atoms with E-state index in [-0.39, 0.29) is 18.2 Å². The van der Waals surface area contributed by atoms with E-state index in [0.717, 1.165) is 28.9 Å². The van der Waals surface area contributed by atoms with E-state index in [4.69, 9.17) is 5.73 Å². The summed E-state index contributed by atoms with van der Waals surface area (Å²) in [5.41, 5.74) is 9.36. The Bertz CT molecular complexity index is 740. The van der Waals surface area contributed by atoms with E-state index in [1.54, 1.807) is 18.2 Å². The molecule has 112 valence electrons. The molecule has 0 atom stereocenters. The van der Waals surface area contributed by atoms with Crippen LogP contribution in [0.15, 0.2) is 42.5 Å². The Morgan fingerprint density at radius 1 is 1.23 bits per heavy atom. The third-order valence-corrected chi connectivity index (χ3v) is 3.65. The molecule has 0 saturated heterocycles. The highest BCUT2D eigenvalue weighted by Crippen LogP contribution is 2.26. The highest BCUT2D eigenvalue weighted by Gasteiger charge is 2.23. The van der Waals surface area contributed by atoms with Gasteiger partial charge < -0.3 is 16.4 Å². The Morgan fingerprint density at radius 2 is 2.05 bits per heavy atom. The highest BCUT2D eigenvalue weighted by atomic mass is 16.2. The van der Waals surface area contributed by atoms with Crippen LogP contribution in [0.5, 0.6) is 0 Å². The molecule has 0 fully saturated rings. The van der Waals surface area contributed by atoms with Crippen LogP contribution in [0.25, 0.3) is 0 Å². The molecule has 0 aromatic heterocycles. The summed E-state index contributed by atoms with van der Waals surface area (Å²) in [6, 6.07) is 12.9. The van der Waals surface area contributed by atoms with Gasteiger partial charge in [-0.2, -0.15) is 0 Å². The predicted molar refractivity (Wildman–Crippen MR) is 85.9 cm³/mol. The quantitative estimate of drug-likeness (QED) is 0.806. The van der Waals surface area contributed by atoms with Gasteiger partial charge in [-0.1, -0.05) is 18.2 Å². The van der Waals surface area contributed by atoms with Crippen LogP contribution in [-0.2, 0) is 17.6 Å². The van der Waals surface area contributed by atoms with Crippen molar-refractivity contribution in [1.82, 2.24) is 0 Å².